The number of alkyl halides is 1. The molecule has 1 atom stereocenters. The average Bonchev–Trinajstić information content (AvgIpc) is 2.46. The molecule has 1 aliphatic rings. The van der Waals surface area contributed by atoms with Crippen molar-refractivity contribution < 1.29 is 13.9 Å². The van der Waals surface area contributed by atoms with Gasteiger partial charge in [0.25, 0.3) is 0 Å². The first kappa shape index (κ1) is 15.0. The first-order valence-electron chi connectivity index (χ1n) is 7.49. The second-order valence-corrected chi connectivity index (χ2v) is 5.83. The molecule has 0 saturated heterocycles. The summed E-state index contributed by atoms with van der Waals surface area (Å²) in [5.41, 5.74) is 1.01. The molecular weight excluding hydrogens is 255 g/mol. The van der Waals surface area contributed by atoms with Gasteiger partial charge in [-0.1, -0.05) is 30.3 Å². The van der Waals surface area contributed by atoms with Gasteiger partial charge in [0.05, 0.1) is 12.1 Å². The molecule has 0 amide bonds. The molecule has 0 bridgehead atoms. The summed E-state index contributed by atoms with van der Waals surface area (Å²) in [6.45, 7) is 1.96. The van der Waals surface area contributed by atoms with Crippen molar-refractivity contribution in [2.45, 2.75) is 51.8 Å². The number of rotatable bonds is 5. The van der Waals surface area contributed by atoms with Gasteiger partial charge in [-0.3, -0.25) is 4.79 Å². The molecule has 1 unspecified atom stereocenters. The lowest BCUT2D eigenvalue weighted by Gasteiger charge is -2.27. The molecule has 110 valence electrons. The molecule has 0 N–H and O–H groups in total. The molecule has 2 rings (SSSR count). The molecule has 0 aromatic heterocycles. The zero-order valence-corrected chi connectivity index (χ0v) is 12.1. The van der Waals surface area contributed by atoms with Crippen molar-refractivity contribution in [3.63, 3.8) is 0 Å². The van der Waals surface area contributed by atoms with Crippen LogP contribution in [0.15, 0.2) is 30.3 Å². The maximum absolute atomic E-state index is 13.0. The Balaban J connectivity index is 1.72. The fourth-order valence-electron chi connectivity index (χ4n) is 2.94. The van der Waals surface area contributed by atoms with E-state index in [9.17, 15) is 9.18 Å². The number of hydrogen-bond donors (Lipinski definition) is 0. The number of ether oxygens (including phenoxy) is 1. The lowest BCUT2D eigenvalue weighted by molar-refractivity contribution is -0.151. The number of esters is 1. The molecule has 2 nitrogen and oxygen atoms in total. The summed E-state index contributed by atoms with van der Waals surface area (Å²) in [5.74, 6) is 0.346. The first-order chi connectivity index (χ1) is 9.65. The van der Waals surface area contributed by atoms with Crippen molar-refractivity contribution in [3.8, 4) is 0 Å². The Labute approximate surface area is 120 Å². The molecule has 1 aromatic rings. The maximum Gasteiger partial charge on any atom is 0.309 e. The summed E-state index contributed by atoms with van der Waals surface area (Å²) < 4.78 is 18.3. The Morgan fingerprint density at radius 3 is 2.50 bits per heavy atom. The minimum Gasteiger partial charge on any atom is -0.461 e. The van der Waals surface area contributed by atoms with E-state index < -0.39 is 6.17 Å². The van der Waals surface area contributed by atoms with Crippen molar-refractivity contribution in [1.29, 1.82) is 0 Å². The first-order valence-corrected chi connectivity index (χ1v) is 7.49. The average molecular weight is 278 g/mol. The Kier molecular flexibility index (Phi) is 5.57. The highest BCUT2D eigenvalue weighted by Gasteiger charge is 2.28. The number of halogens is 1. The minimum atomic E-state index is -0.735. The van der Waals surface area contributed by atoms with Gasteiger partial charge >= 0.3 is 5.97 Å². The van der Waals surface area contributed by atoms with E-state index >= 15 is 0 Å². The molecule has 0 aliphatic heterocycles. The SMILES string of the molecule is CC(F)CC1CCC(C(=O)OCc2ccccc2)CC1. The van der Waals surface area contributed by atoms with E-state index in [4.69, 9.17) is 4.74 Å². The molecule has 1 aliphatic carbocycles. The quantitative estimate of drug-likeness (QED) is 0.751. The van der Waals surface area contributed by atoms with Gasteiger partial charge in [0.15, 0.2) is 0 Å². The summed E-state index contributed by atoms with van der Waals surface area (Å²) in [7, 11) is 0. The van der Waals surface area contributed by atoms with Crippen molar-refractivity contribution in [2.24, 2.45) is 11.8 Å². The van der Waals surface area contributed by atoms with Gasteiger partial charge in [-0.25, -0.2) is 4.39 Å². The van der Waals surface area contributed by atoms with Crippen molar-refractivity contribution in [3.05, 3.63) is 35.9 Å². The predicted octanol–water partition coefficient (Wildman–Crippen LogP) is 4.28. The van der Waals surface area contributed by atoms with E-state index in [1.165, 1.54) is 0 Å². The Morgan fingerprint density at radius 2 is 1.90 bits per heavy atom. The van der Waals surface area contributed by atoms with Crippen LogP contribution >= 0.6 is 0 Å². The van der Waals surface area contributed by atoms with Crippen LogP contribution in [0.5, 0.6) is 0 Å². The van der Waals surface area contributed by atoms with Gasteiger partial charge in [0.1, 0.15) is 6.61 Å². The Bertz CT molecular complexity index is 408. The van der Waals surface area contributed by atoms with Crippen molar-refractivity contribution >= 4 is 5.97 Å². The topological polar surface area (TPSA) is 26.3 Å². The second-order valence-electron chi connectivity index (χ2n) is 5.83. The van der Waals surface area contributed by atoms with Crippen LogP contribution in [0.4, 0.5) is 4.39 Å². The van der Waals surface area contributed by atoms with Crippen LogP contribution in [0.25, 0.3) is 0 Å². The van der Waals surface area contributed by atoms with Crippen LogP contribution in [0.1, 0.15) is 44.6 Å². The van der Waals surface area contributed by atoms with Crippen LogP contribution < -0.4 is 0 Å². The standard InChI is InChI=1S/C17H23FO2/c1-13(18)11-14-7-9-16(10-8-14)17(19)20-12-15-5-3-2-4-6-15/h2-6,13-14,16H,7-12H2,1H3. The van der Waals surface area contributed by atoms with E-state index in [2.05, 4.69) is 0 Å². The highest BCUT2D eigenvalue weighted by atomic mass is 19.1. The summed E-state index contributed by atoms with van der Waals surface area (Å²) in [6.07, 6.45) is 3.46. The number of benzene rings is 1. The van der Waals surface area contributed by atoms with E-state index in [-0.39, 0.29) is 11.9 Å². The lowest BCUT2D eigenvalue weighted by atomic mass is 9.80. The minimum absolute atomic E-state index is 0.00452. The van der Waals surface area contributed by atoms with Crippen LogP contribution in [0, 0.1) is 11.8 Å². The van der Waals surface area contributed by atoms with Crippen LogP contribution in [-0.4, -0.2) is 12.1 Å². The smallest absolute Gasteiger partial charge is 0.309 e. The van der Waals surface area contributed by atoms with Crippen molar-refractivity contribution in [1.82, 2.24) is 0 Å². The zero-order chi connectivity index (χ0) is 14.4. The molecule has 0 radical (unpaired) electrons. The normalized spacial score (nSPS) is 24.1. The highest BCUT2D eigenvalue weighted by Crippen LogP contribution is 2.32. The van der Waals surface area contributed by atoms with Gasteiger partial charge < -0.3 is 4.74 Å². The molecule has 0 spiro atoms. The number of carbonyl (C=O) groups excluding carboxylic acids is 1. The fraction of sp³-hybridized carbons (Fsp3) is 0.588. The predicted molar refractivity (Wildman–Crippen MR) is 76.9 cm³/mol. The third kappa shape index (κ3) is 4.62. The second kappa shape index (κ2) is 7.41. The Hall–Kier alpha value is -1.38. The molecule has 20 heavy (non-hydrogen) atoms. The van der Waals surface area contributed by atoms with Crippen LogP contribution in [0.2, 0.25) is 0 Å². The van der Waals surface area contributed by atoms with Crippen LogP contribution in [0.3, 0.4) is 0 Å². The van der Waals surface area contributed by atoms with E-state index in [1.807, 2.05) is 30.3 Å². The highest BCUT2D eigenvalue weighted by molar-refractivity contribution is 5.72. The molecule has 3 heteroatoms. The third-order valence-electron chi connectivity index (χ3n) is 4.06. The molecule has 0 heterocycles. The molecule has 1 fully saturated rings. The van der Waals surface area contributed by atoms with Gasteiger partial charge in [-0.05, 0) is 50.5 Å². The van der Waals surface area contributed by atoms with E-state index in [0.717, 1.165) is 31.2 Å². The number of hydrogen-bond acceptors (Lipinski definition) is 2. The Morgan fingerprint density at radius 1 is 1.25 bits per heavy atom. The molecular formula is C17H23FO2. The van der Waals surface area contributed by atoms with Crippen LogP contribution in [-0.2, 0) is 16.1 Å². The van der Waals surface area contributed by atoms with E-state index in [1.54, 1.807) is 6.92 Å². The van der Waals surface area contributed by atoms with Gasteiger partial charge in [0.2, 0.25) is 0 Å². The maximum atomic E-state index is 13.0. The summed E-state index contributed by atoms with van der Waals surface area (Å²) in [4.78, 5) is 12.0. The lowest BCUT2D eigenvalue weighted by Crippen LogP contribution is -2.24. The number of carbonyl (C=O) groups is 1. The zero-order valence-electron chi connectivity index (χ0n) is 12.1. The van der Waals surface area contributed by atoms with E-state index in [0.29, 0.717) is 18.9 Å². The summed E-state index contributed by atoms with van der Waals surface area (Å²) in [5, 5.41) is 0. The summed E-state index contributed by atoms with van der Waals surface area (Å²) in [6, 6.07) is 9.72. The third-order valence-corrected chi connectivity index (χ3v) is 4.06. The van der Waals surface area contributed by atoms with Gasteiger partial charge in [-0.2, -0.15) is 0 Å². The van der Waals surface area contributed by atoms with Gasteiger partial charge in [-0.15, -0.1) is 0 Å². The van der Waals surface area contributed by atoms with Crippen molar-refractivity contribution in [2.75, 3.05) is 0 Å². The monoisotopic (exact) mass is 278 g/mol. The largest absolute Gasteiger partial charge is 0.461 e. The molecule has 1 saturated carbocycles. The van der Waals surface area contributed by atoms with Gasteiger partial charge in [0, 0.05) is 0 Å². The summed E-state index contributed by atoms with van der Waals surface area (Å²) >= 11 is 0. The molecule has 1 aromatic carbocycles. The fourth-order valence-corrected chi connectivity index (χ4v) is 2.94.